The lowest BCUT2D eigenvalue weighted by molar-refractivity contribution is -0.137. The monoisotopic (exact) mass is 272 g/mol. The first-order valence-electron chi connectivity index (χ1n) is 5.32. The van der Waals surface area contributed by atoms with Crippen LogP contribution in [0.5, 0.6) is 0 Å². The van der Waals surface area contributed by atoms with Crippen LogP contribution in [0.1, 0.15) is 16.9 Å². The van der Waals surface area contributed by atoms with Crippen molar-refractivity contribution in [2.45, 2.75) is 17.7 Å². The summed E-state index contributed by atoms with van der Waals surface area (Å²) in [7, 11) is 0. The molecule has 1 aromatic heterocycles. The number of halogens is 3. The fourth-order valence-electron chi connectivity index (χ4n) is 1.50. The van der Waals surface area contributed by atoms with Crippen molar-refractivity contribution < 1.29 is 17.6 Å². The Balaban J connectivity index is 1.93. The molecule has 2 aromatic rings. The smallest absolute Gasteiger partial charge is 0.416 e. The van der Waals surface area contributed by atoms with Crippen molar-refractivity contribution in [3.8, 4) is 0 Å². The molecule has 18 heavy (non-hydrogen) atoms. The van der Waals surface area contributed by atoms with Crippen LogP contribution in [0, 0.1) is 0 Å². The van der Waals surface area contributed by atoms with Crippen molar-refractivity contribution in [3.63, 3.8) is 0 Å². The predicted octanol–water partition coefficient (Wildman–Crippen LogP) is 4.73. The third kappa shape index (κ3) is 3.57. The second kappa shape index (κ2) is 5.52. The Morgan fingerprint density at radius 3 is 2.56 bits per heavy atom. The maximum absolute atomic E-state index is 12.5. The van der Waals surface area contributed by atoms with E-state index in [4.69, 9.17) is 4.42 Å². The highest BCUT2D eigenvalue weighted by atomic mass is 32.2. The first kappa shape index (κ1) is 13.1. The van der Waals surface area contributed by atoms with Gasteiger partial charge in [-0.25, -0.2) is 0 Å². The van der Waals surface area contributed by atoms with Crippen LogP contribution in [-0.4, -0.2) is 0 Å². The van der Waals surface area contributed by atoms with Gasteiger partial charge in [0.05, 0.1) is 17.6 Å². The largest absolute Gasteiger partial charge is 0.468 e. The summed E-state index contributed by atoms with van der Waals surface area (Å²) in [5.74, 6) is 2.01. The van der Waals surface area contributed by atoms with Gasteiger partial charge < -0.3 is 4.42 Å². The van der Waals surface area contributed by atoms with Gasteiger partial charge in [0.2, 0.25) is 0 Å². The molecule has 0 unspecified atom stereocenters. The number of alkyl halides is 3. The molecule has 0 spiro atoms. The van der Waals surface area contributed by atoms with E-state index in [-0.39, 0.29) is 0 Å². The molecule has 0 radical (unpaired) electrons. The maximum atomic E-state index is 12.5. The highest BCUT2D eigenvalue weighted by Crippen LogP contribution is 2.30. The van der Waals surface area contributed by atoms with Gasteiger partial charge in [-0.1, -0.05) is 18.2 Å². The molecular weight excluding hydrogens is 261 g/mol. The van der Waals surface area contributed by atoms with Crippen LogP contribution in [-0.2, 0) is 17.7 Å². The van der Waals surface area contributed by atoms with Gasteiger partial charge in [-0.15, -0.1) is 11.8 Å². The average molecular weight is 272 g/mol. The lowest BCUT2D eigenvalue weighted by Crippen LogP contribution is -2.04. The maximum Gasteiger partial charge on any atom is 0.416 e. The van der Waals surface area contributed by atoms with Crippen molar-refractivity contribution in [1.82, 2.24) is 0 Å². The molecular formula is C13H11F3OS. The minimum atomic E-state index is -4.28. The zero-order valence-electron chi connectivity index (χ0n) is 9.41. The molecule has 0 atom stereocenters. The molecule has 0 bridgehead atoms. The van der Waals surface area contributed by atoms with Gasteiger partial charge in [0.1, 0.15) is 5.76 Å². The summed E-state index contributed by atoms with van der Waals surface area (Å²) in [6.07, 6.45) is -2.69. The number of hydrogen-bond acceptors (Lipinski definition) is 2. The quantitative estimate of drug-likeness (QED) is 0.798. The topological polar surface area (TPSA) is 13.1 Å². The van der Waals surface area contributed by atoms with Crippen LogP contribution in [0.2, 0.25) is 0 Å². The van der Waals surface area contributed by atoms with Crippen molar-refractivity contribution in [1.29, 1.82) is 0 Å². The van der Waals surface area contributed by atoms with E-state index in [0.717, 1.165) is 11.8 Å². The minimum absolute atomic E-state index is 0.532. The summed E-state index contributed by atoms with van der Waals surface area (Å²) in [5.41, 5.74) is 0.0694. The molecule has 1 heterocycles. The Hall–Kier alpha value is -1.36. The Kier molecular flexibility index (Phi) is 4.01. The molecule has 0 aliphatic carbocycles. The molecule has 5 heteroatoms. The third-order valence-corrected chi connectivity index (χ3v) is 3.37. The van der Waals surface area contributed by atoms with Crippen molar-refractivity contribution in [2.75, 3.05) is 0 Å². The van der Waals surface area contributed by atoms with E-state index in [1.807, 2.05) is 6.07 Å². The predicted molar refractivity (Wildman–Crippen MR) is 65.2 cm³/mol. The Labute approximate surface area is 107 Å². The minimum Gasteiger partial charge on any atom is -0.468 e. The van der Waals surface area contributed by atoms with Crippen LogP contribution >= 0.6 is 11.8 Å². The first-order valence-corrected chi connectivity index (χ1v) is 6.47. The molecule has 2 rings (SSSR count). The van der Waals surface area contributed by atoms with E-state index in [2.05, 4.69) is 0 Å². The molecule has 96 valence electrons. The SMILES string of the molecule is FC(F)(F)c1cccc(CSCc2ccco2)c1. The molecule has 0 saturated carbocycles. The van der Waals surface area contributed by atoms with Gasteiger partial charge >= 0.3 is 6.18 Å². The standard InChI is InChI=1S/C13H11F3OS/c14-13(15,16)11-4-1-3-10(7-11)8-18-9-12-5-2-6-17-12/h1-7H,8-9H2. The van der Waals surface area contributed by atoms with Crippen LogP contribution < -0.4 is 0 Å². The number of furan rings is 1. The highest BCUT2D eigenvalue weighted by Gasteiger charge is 2.30. The summed E-state index contributed by atoms with van der Waals surface area (Å²) >= 11 is 1.52. The van der Waals surface area contributed by atoms with E-state index < -0.39 is 11.7 Å². The van der Waals surface area contributed by atoms with Crippen molar-refractivity contribution >= 4 is 11.8 Å². The van der Waals surface area contributed by atoms with Crippen molar-refractivity contribution in [3.05, 3.63) is 59.5 Å². The summed E-state index contributed by atoms with van der Waals surface area (Å²) in [5, 5.41) is 0. The Morgan fingerprint density at radius 1 is 1.06 bits per heavy atom. The molecule has 0 aliphatic heterocycles. The Bertz CT molecular complexity index is 491. The molecule has 0 fully saturated rings. The van der Waals surface area contributed by atoms with Crippen LogP contribution in [0.15, 0.2) is 47.1 Å². The summed E-state index contributed by atoms with van der Waals surface area (Å²) in [6.45, 7) is 0. The van der Waals surface area contributed by atoms with Gasteiger partial charge in [-0.2, -0.15) is 13.2 Å². The van der Waals surface area contributed by atoms with Gasteiger partial charge in [-0.3, -0.25) is 0 Å². The number of benzene rings is 1. The molecule has 0 aliphatic rings. The summed E-state index contributed by atoms with van der Waals surface area (Å²) in [4.78, 5) is 0. The van der Waals surface area contributed by atoms with E-state index in [9.17, 15) is 13.2 Å². The van der Waals surface area contributed by atoms with E-state index in [0.29, 0.717) is 17.1 Å². The zero-order valence-corrected chi connectivity index (χ0v) is 10.2. The van der Waals surface area contributed by atoms with Crippen molar-refractivity contribution in [2.24, 2.45) is 0 Å². The fraction of sp³-hybridized carbons (Fsp3) is 0.231. The lowest BCUT2D eigenvalue weighted by Gasteiger charge is -2.08. The van der Waals surface area contributed by atoms with Gasteiger partial charge in [0.15, 0.2) is 0 Å². The van der Waals surface area contributed by atoms with E-state index >= 15 is 0 Å². The van der Waals surface area contributed by atoms with Crippen LogP contribution in [0.3, 0.4) is 0 Å². The number of hydrogen-bond donors (Lipinski definition) is 0. The normalized spacial score (nSPS) is 11.7. The summed E-state index contributed by atoms with van der Waals surface area (Å²) in [6, 6.07) is 9.05. The Morgan fingerprint density at radius 2 is 1.89 bits per heavy atom. The van der Waals surface area contributed by atoms with Gasteiger partial charge in [0.25, 0.3) is 0 Å². The van der Waals surface area contributed by atoms with Gasteiger partial charge in [-0.05, 0) is 23.8 Å². The molecule has 0 amide bonds. The second-order valence-corrected chi connectivity index (χ2v) is 4.76. The average Bonchev–Trinajstić information content (AvgIpc) is 2.81. The molecule has 1 nitrogen and oxygen atoms in total. The molecule has 0 saturated heterocycles. The fourth-order valence-corrected chi connectivity index (χ4v) is 2.38. The van der Waals surface area contributed by atoms with E-state index in [1.165, 1.54) is 23.9 Å². The number of rotatable bonds is 4. The van der Waals surface area contributed by atoms with E-state index in [1.54, 1.807) is 18.4 Å². The third-order valence-electron chi connectivity index (χ3n) is 2.35. The summed E-state index contributed by atoms with van der Waals surface area (Å²) < 4.78 is 42.6. The van der Waals surface area contributed by atoms with Crippen LogP contribution in [0.4, 0.5) is 13.2 Å². The lowest BCUT2D eigenvalue weighted by atomic mass is 10.1. The second-order valence-electron chi connectivity index (χ2n) is 3.77. The first-order chi connectivity index (χ1) is 8.55. The molecule has 1 aromatic carbocycles. The molecule has 0 N–H and O–H groups in total. The van der Waals surface area contributed by atoms with Gasteiger partial charge in [0, 0.05) is 5.75 Å². The van der Waals surface area contributed by atoms with Crippen LogP contribution in [0.25, 0.3) is 0 Å². The number of thioether (sulfide) groups is 1. The highest BCUT2D eigenvalue weighted by molar-refractivity contribution is 7.97. The zero-order chi connectivity index (χ0) is 13.0.